The van der Waals surface area contributed by atoms with Gasteiger partial charge in [0.2, 0.25) is 5.91 Å². The number of ether oxygens (including phenoxy) is 2. The maximum Gasteiger partial charge on any atom is 0.278 e. The average Bonchev–Trinajstić information content (AvgIpc) is 2.79. The zero-order chi connectivity index (χ0) is 22.2. The molecule has 9 heteroatoms. The number of rotatable bonds is 10. The normalized spacial score (nSPS) is 11.0. The number of nitrogens with one attached hydrogen (secondary N) is 1. The SMILES string of the molecule is CCN(CC)CCOc1cc(NC(=O)Cn2nnc3ccccc3c2=O)ccc1OC. The second kappa shape index (κ2) is 10.5. The third-order valence-electron chi connectivity index (χ3n) is 4.93. The first-order valence-electron chi connectivity index (χ1n) is 10.2. The Hall–Kier alpha value is -3.46. The minimum absolute atomic E-state index is 0.249. The third kappa shape index (κ3) is 5.58. The molecule has 3 rings (SSSR count). The molecule has 0 fully saturated rings. The van der Waals surface area contributed by atoms with Gasteiger partial charge in [-0.1, -0.05) is 31.2 Å². The van der Waals surface area contributed by atoms with Crippen molar-refractivity contribution in [1.82, 2.24) is 19.9 Å². The lowest BCUT2D eigenvalue weighted by Gasteiger charge is -2.19. The number of methoxy groups -OCH3 is 1. The fourth-order valence-corrected chi connectivity index (χ4v) is 3.16. The van der Waals surface area contributed by atoms with Crippen LogP contribution in [-0.4, -0.2) is 59.2 Å². The number of hydrogen-bond donors (Lipinski definition) is 1. The number of aromatic nitrogens is 3. The van der Waals surface area contributed by atoms with Gasteiger partial charge in [0, 0.05) is 18.3 Å². The van der Waals surface area contributed by atoms with Crippen LogP contribution in [0.5, 0.6) is 11.5 Å². The highest BCUT2D eigenvalue weighted by molar-refractivity contribution is 5.91. The largest absolute Gasteiger partial charge is 0.493 e. The van der Waals surface area contributed by atoms with Crippen LogP contribution in [0.25, 0.3) is 10.9 Å². The molecular weight excluding hydrogens is 398 g/mol. The molecule has 0 aliphatic heterocycles. The summed E-state index contributed by atoms with van der Waals surface area (Å²) in [6.45, 7) is 7.14. The van der Waals surface area contributed by atoms with Gasteiger partial charge in [0.1, 0.15) is 18.7 Å². The van der Waals surface area contributed by atoms with Crippen LogP contribution in [0.3, 0.4) is 0 Å². The van der Waals surface area contributed by atoms with Gasteiger partial charge in [0.05, 0.1) is 12.5 Å². The first-order valence-corrected chi connectivity index (χ1v) is 10.2. The van der Waals surface area contributed by atoms with Crippen molar-refractivity contribution >= 4 is 22.5 Å². The molecule has 1 amide bonds. The molecule has 1 heterocycles. The van der Waals surface area contributed by atoms with E-state index in [-0.39, 0.29) is 12.1 Å². The fourth-order valence-electron chi connectivity index (χ4n) is 3.16. The highest BCUT2D eigenvalue weighted by Crippen LogP contribution is 2.30. The summed E-state index contributed by atoms with van der Waals surface area (Å²) in [5.41, 5.74) is 0.659. The van der Waals surface area contributed by atoms with Crippen molar-refractivity contribution in [3.8, 4) is 11.5 Å². The summed E-state index contributed by atoms with van der Waals surface area (Å²) in [5, 5.41) is 11.0. The van der Waals surface area contributed by atoms with Gasteiger partial charge >= 0.3 is 0 Å². The van der Waals surface area contributed by atoms with Crippen LogP contribution in [0, 0.1) is 0 Å². The number of anilines is 1. The molecule has 0 aliphatic carbocycles. The predicted molar refractivity (Wildman–Crippen MR) is 119 cm³/mol. The molecule has 3 aromatic rings. The summed E-state index contributed by atoms with van der Waals surface area (Å²) in [6.07, 6.45) is 0. The van der Waals surface area contributed by atoms with Crippen molar-refractivity contribution in [1.29, 1.82) is 0 Å². The molecule has 31 heavy (non-hydrogen) atoms. The van der Waals surface area contributed by atoms with Crippen LogP contribution in [0.1, 0.15) is 13.8 Å². The molecule has 9 nitrogen and oxygen atoms in total. The topological polar surface area (TPSA) is 98.6 Å². The van der Waals surface area contributed by atoms with Crippen molar-refractivity contribution < 1.29 is 14.3 Å². The van der Waals surface area contributed by atoms with E-state index in [1.165, 1.54) is 0 Å². The zero-order valence-corrected chi connectivity index (χ0v) is 18.0. The Kier molecular flexibility index (Phi) is 7.55. The molecule has 2 aromatic carbocycles. The highest BCUT2D eigenvalue weighted by Gasteiger charge is 2.12. The minimum Gasteiger partial charge on any atom is -0.493 e. The van der Waals surface area contributed by atoms with Gasteiger partial charge in [-0.2, -0.15) is 0 Å². The Morgan fingerprint density at radius 2 is 1.90 bits per heavy atom. The summed E-state index contributed by atoms with van der Waals surface area (Å²) in [7, 11) is 1.57. The van der Waals surface area contributed by atoms with Crippen molar-refractivity contribution in [2.24, 2.45) is 0 Å². The zero-order valence-electron chi connectivity index (χ0n) is 18.0. The maximum atomic E-state index is 12.5. The number of nitrogens with zero attached hydrogens (tertiary/aromatic N) is 4. The lowest BCUT2D eigenvalue weighted by molar-refractivity contribution is -0.117. The number of benzene rings is 2. The molecule has 0 saturated carbocycles. The van der Waals surface area contributed by atoms with Gasteiger partial charge in [0.25, 0.3) is 5.56 Å². The summed E-state index contributed by atoms with van der Waals surface area (Å²) >= 11 is 0. The molecular formula is C22H27N5O4. The van der Waals surface area contributed by atoms with E-state index in [1.54, 1.807) is 49.6 Å². The monoisotopic (exact) mass is 425 g/mol. The van der Waals surface area contributed by atoms with E-state index in [9.17, 15) is 9.59 Å². The average molecular weight is 425 g/mol. The molecule has 0 aliphatic rings. The number of carbonyl (C=O) groups excluding carboxylic acids is 1. The quantitative estimate of drug-likeness (QED) is 0.531. The Morgan fingerprint density at radius 1 is 1.13 bits per heavy atom. The van der Waals surface area contributed by atoms with Crippen LogP contribution in [0.15, 0.2) is 47.3 Å². The van der Waals surface area contributed by atoms with Crippen LogP contribution in [-0.2, 0) is 11.3 Å². The molecule has 0 spiro atoms. The van der Waals surface area contributed by atoms with Crippen LogP contribution in [0.4, 0.5) is 5.69 Å². The van der Waals surface area contributed by atoms with Crippen LogP contribution < -0.4 is 20.3 Å². The van der Waals surface area contributed by atoms with Crippen molar-refractivity contribution in [2.75, 3.05) is 38.7 Å². The lowest BCUT2D eigenvalue weighted by atomic mass is 10.2. The van der Waals surface area contributed by atoms with E-state index in [2.05, 4.69) is 34.4 Å². The number of carbonyl (C=O) groups is 1. The minimum atomic E-state index is -0.397. The van der Waals surface area contributed by atoms with E-state index in [0.717, 1.165) is 24.3 Å². The summed E-state index contributed by atoms with van der Waals surface area (Å²) in [5.74, 6) is 0.718. The van der Waals surface area contributed by atoms with E-state index >= 15 is 0 Å². The van der Waals surface area contributed by atoms with Gasteiger partial charge in [0.15, 0.2) is 11.5 Å². The number of hydrogen-bond acceptors (Lipinski definition) is 7. The first-order chi connectivity index (χ1) is 15.0. The molecule has 0 unspecified atom stereocenters. The third-order valence-corrected chi connectivity index (χ3v) is 4.93. The number of fused-ring (bicyclic) bond motifs is 1. The van der Waals surface area contributed by atoms with Crippen molar-refractivity contribution in [2.45, 2.75) is 20.4 Å². The Labute approximate surface area is 180 Å². The lowest BCUT2D eigenvalue weighted by Crippen LogP contribution is -2.30. The standard InChI is InChI=1S/C22H27N5O4/c1-4-26(5-2)12-13-31-20-14-16(10-11-19(20)30-3)23-21(28)15-27-22(29)17-8-6-7-9-18(17)24-25-27/h6-11,14H,4-5,12-13,15H2,1-3H3,(H,23,28). The molecule has 1 aromatic heterocycles. The number of amides is 1. The second-order valence-electron chi connectivity index (χ2n) is 6.86. The summed E-state index contributed by atoms with van der Waals surface area (Å²) in [4.78, 5) is 27.3. The van der Waals surface area contributed by atoms with Crippen LogP contribution >= 0.6 is 0 Å². The maximum absolute atomic E-state index is 12.5. The molecule has 0 bridgehead atoms. The summed E-state index contributed by atoms with van der Waals surface area (Å²) in [6, 6.07) is 12.0. The Morgan fingerprint density at radius 3 is 2.65 bits per heavy atom. The van der Waals surface area contributed by atoms with Gasteiger partial charge in [-0.15, -0.1) is 5.10 Å². The summed E-state index contributed by atoms with van der Waals surface area (Å²) < 4.78 is 12.3. The van der Waals surface area contributed by atoms with Gasteiger partial charge < -0.3 is 19.7 Å². The van der Waals surface area contributed by atoms with E-state index < -0.39 is 5.91 Å². The predicted octanol–water partition coefficient (Wildman–Crippen LogP) is 2.16. The Balaban J connectivity index is 1.68. The molecule has 1 N–H and O–H groups in total. The molecule has 164 valence electrons. The molecule has 0 atom stereocenters. The smallest absolute Gasteiger partial charge is 0.278 e. The second-order valence-corrected chi connectivity index (χ2v) is 6.86. The van der Waals surface area contributed by atoms with Crippen LogP contribution in [0.2, 0.25) is 0 Å². The highest BCUT2D eigenvalue weighted by atomic mass is 16.5. The van der Waals surface area contributed by atoms with Crippen molar-refractivity contribution in [3.05, 3.63) is 52.8 Å². The Bertz CT molecular complexity index is 1090. The van der Waals surface area contributed by atoms with Gasteiger partial charge in [-0.05, 0) is 37.4 Å². The van der Waals surface area contributed by atoms with E-state index in [4.69, 9.17) is 9.47 Å². The van der Waals surface area contributed by atoms with Gasteiger partial charge in [-0.3, -0.25) is 9.59 Å². The van der Waals surface area contributed by atoms with E-state index in [0.29, 0.717) is 34.7 Å². The molecule has 0 saturated heterocycles. The van der Waals surface area contributed by atoms with E-state index in [1.807, 2.05) is 0 Å². The fraction of sp³-hybridized carbons (Fsp3) is 0.364. The molecule has 0 radical (unpaired) electrons. The van der Waals surface area contributed by atoms with Crippen molar-refractivity contribution in [3.63, 3.8) is 0 Å². The van der Waals surface area contributed by atoms with Gasteiger partial charge in [-0.25, -0.2) is 4.68 Å². The first kappa shape index (κ1) is 22.2. The number of likely N-dealkylation sites (N-methyl/N-ethyl adjacent to an activating group) is 1.